The first-order chi connectivity index (χ1) is 17.8. The van der Waals surface area contributed by atoms with Crippen LogP contribution >= 0.6 is 0 Å². The molecule has 2 N–H and O–H groups in total. The van der Waals surface area contributed by atoms with Crippen LogP contribution in [0.5, 0.6) is 0 Å². The number of esters is 1. The Morgan fingerprint density at radius 1 is 1.11 bits per heavy atom. The van der Waals surface area contributed by atoms with E-state index in [0.29, 0.717) is 31.6 Å². The maximum atomic E-state index is 13.8. The van der Waals surface area contributed by atoms with Crippen molar-refractivity contribution >= 4 is 29.6 Å². The van der Waals surface area contributed by atoms with Crippen LogP contribution in [0.4, 0.5) is 0 Å². The molecule has 0 aromatic heterocycles. The summed E-state index contributed by atoms with van der Waals surface area (Å²) in [5.41, 5.74) is 0.392. The Bertz CT molecular complexity index is 1030. The summed E-state index contributed by atoms with van der Waals surface area (Å²) < 4.78 is 10.9. The number of amides is 4. The highest BCUT2D eigenvalue weighted by atomic mass is 16.7. The van der Waals surface area contributed by atoms with Crippen LogP contribution in [-0.4, -0.2) is 77.2 Å². The van der Waals surface area contributed by atoms with Gasteiger partial charge in [-0.25, -0.2) is 5.01 Å². The molecule has 1 aromatic rings. The fourth-order valence-electron chi connectivity index (χ4n) is 4.92. The van der Waals surface area contributed by atoms with Crippen molar-refractivity contribution in [2.75, 3.05) is 13.2 Å². The molecular weight excluding hydrogens is 480 g/mol. The molecule has 4 amide bonds. The number of carbonyl (C=O) groups excluding carboxylic acids is 5. The summed E-state index contributed by atoms with van der Waals surface area (Å²) in [5.74, 6) is -2.68. The molecule has 3 aliphatic rings. The standard InChI is InChI=1S/C26H34N4O7/c1-3-4-13-36-26-18(15-21(32)37-26)27-24(34)19-11-8-12-29-20(31)14-16(2)22(25(35)30(19)29)28-23(33)17-9-6-5-7-10-17/h5-7,9-10,16,18-19,22,26H,3-4,8,11-15H2,1-2H3,(H,27,34)(H,28,33)/t16-,18-,19-,22-,26?/m0/s1. The Kier molecular flexibility index (Phi) is 8.42. The number of benzene rings is 1. The number of rotatable bonds is 8. The Hall–Kier alpha value is -3.47. The third-order valence-corrected chi connectivity index (χ3v) is 6.94. The molecule has 4 rings (SSSR count). The second kappa shape index (κ2) is 11.7. The fraction of sp³-hybridized carbons (Fsp3) is 0.577. The van der Waals surface area contributed by atoms with Crippen molar-refractivity contribution in [1.82, 2.24) is 20.7 Å². The van der Waals surface area contributed by atoms with Gasteiger partial charge in [-0.3, -0.25) is 29.0 Å². The van der Waals surface area contributed by atoms with Gasteiger partial charge in [-0.2, -0.15) is 0 Å². The predicted octanol–water partition coefficient (Wildman–Crippen LogP) is 1.13. The smallest absolute Gasteiger partial charge is 0.310 e. The van der Waals surface area contributed by atoms with E-state index in [-0.39, 0.29) is 18.7 Å². The number of hydrazine groups is 1. The topological polar surface area (TPSA) is 134 Å². The van der Waals surface area contributed by atoms with Crippen molar-refractivity contribution in [1.29, 1.82) is 0 Å². The second-order valence-corrected chi connectivity index (χ2v) is 9.76. The number of unbranched alkanes of at least 4 members (excludes halogenated alkanes) is 1. The first kappa shape index (κ1) is 26.6. The SMILES string of the molecule is CCCCOC1OC(=O)C[C@@H]1NC(=O)[C@@H]1CCCN2C(=O)C[C@H](C)[C@H](NC(=O)c3ccccc3)C(=O)N12. The van der Waals surface area contributed by atoms with Gasteiger partial charge in [-0.15, -0.1) is 0 Å². The van der Waals surface area contributed by atoms with Crippen molar-refractivity contribution in [2.24, 2.45) is 5.92 Å². The molecule has 3 fully saturated rings. The zero-order valence-electron chi connectivity index (χ0n) is 21.2. The molecule has 11 heteroatoms. The Morgan fingerprint density at radius 3 is 2.59 bits per heavy atom. The van der Waals surface area contributed by atoms with E-state index in [9.17, 15) is 24.0 Å². The lowest BCUT2D eigenvalue weighted by Gasteiger charge is -2.43. The monoisotopic (exact) mass is 514 g/mol. The lowest BCUT2D eigenvalue weighted by molar-refractivity contribution is -0.177. The van der Waals surface area contributed by atoms with Gasteiger partial charge in [0.2, 0.25) is 18.1 Å². The highest BCUT2D eigenvalue weighted by molar-refractivity contribution is 6.00. The van der Waals surface area contributed by atoms with Crippen LogP contribution in [0.3, 0.4) is 0 Å². The van der Waals surface area contributed by atoms with E-state index in [1.807, 2.05) is 6.92 Å². The van der Waals surface area contributed by atoms with Crippen LogP contribution in [0.15, 0.2) is 30.3 Å². The molecule has 0 bridgehead atoms. The van der Waals surface area contributed by atoms with E-state index in [4.69, 9.17) is 9.47 Å². The third kappa shape index (κ3) is 5.93. The van der Waals surface area contributed by atoms with Gasteiger partial charge in [0.1, 0.15) is 18.1 Å². The first-order valence-electron chi connectivity index (χ1n) is 12.9. The number of nitrogens with zero attached hydrogens (tertiary/aromatic N) is 2. The number of nitrogens with one attached hydrogen (secondary N) is 2. The lowest BCUT2D eigenvalue weighted by atomic mass is 9.96. The number of hydrogen-bond donors (Lipinski definition) is 2. The van der Waals surface area contributed by atoms with E-state index >= 15 is 0 Å². The minimum atomic E-state index is -0.989. The minimum Gasteiger partial charge on any atom is -0.433 e. The van der Waals surface area contributed by atoms with Gasteiger partial charge in [-0.05, 0) is 37.3 Å². The van der Waals surface area contributed by atoms with Gasteiger partial charge >= 0.3 is 5.97 Å². The van der Waals surface area contributed by atoms with E-state index < -0.39 is 54.0 Å². The molecule has 1 unspecified atom stereocenters. The summed E-state index contributed by atoms with van der Waals surface area (Å²) in [6.45, 7) is 4.43. The van der Waals surface area contributed by atoms with Gasteiger partial charge in [0.25, 0.3) is 11.8 Å². The largest absolute Gasteiger partial charge is 0.433 e. The summed E-state index contributed by atoms with van der Waals surface area (Å²) in [7, 11) is 0. The van der Waals surface area contributed by atoms with Crippen LogP contribution < -0.4 is 10.6 Å². The van der Waals surface area contributed by atoms with Crippen LogP contribution in [0, 0.1) is 5.92 Å². The molecular formula is C26H34N4O7. The number of fused-ring (bicyclic) bond motifs is 1. The molecule has 0 spiro atoms. The Morgan fingerprint density at radius 2 is 1.86 bits per heavy atom. The summed E-state index contributed by atoms with van der Waals surface area (Å²) in [5, 5.41) is 8.11. The van der Waals surface area contributed by atoms with Crippen molar-refractivity contribution in [3.8, 4) is 0 Å². The zero-order chi connectivity index (χ0) is 26.5. The van der Waals surface area contributed by atoms with Gasteiger partial charge in [0.15, 0.2) is 0 Å². The van der Waals surface area contributed by atoms with E-state index in [1.54, 1.807) is 37.3 Å². The molecule has 0 saturated carbocycles. The van der Waals surface area contributed by atoms with Gasteiger partial charge < -0.3 is 20.1 Å². The van der Waals surface area contributed by atoms with Crippen LogP contribution in [0.1, 0.15) is 62.7 Å². The number of hydrogen-bond acceptors (Lipinski definition) is 7. The average molecular weight is 515 g/mol. The van der Waals surface area contributed by atoms with Crippen LogP contribution in [0.2, 0.25) is 0 Å². The van der Waals surface area contributed by atoms with Gasteiger partial charge in [0.05, 0.1) is 13.0 Å². The van der Waals surface area contributed by atoms with Crippen molar-refractivity contribution in [3.05, 3.63) is 35.9 Å². The fourth-order valence-corrected chi connectivity index (χ4v) is 4.92. The molecule has 0 aliphatic carbocycles. The van der Waals surface area contributed by atoms with Gasteiger partial charge in [0, 0.05) is 18.5 Å². The van der Waals surface area contributed by atoms with Crippen molar-refractivity contribution in [2.45, 2.75) is 76.8 Å². The first-order valence-corrected chi connectivity index (χ1v) is 12.9. The maximum absolute atomic E-state index is 13.8. The summed E-state index contributed by atoms with van der Waals surface area (Å²) in [6, 6.07) is 5.85. The number of cyclic esters (lactones) is 1. The summed E-state index contributed by atoms with van der Waals surface area (Å²) in [6.07, 6.45) is 1.65. The molecule has 200 valence electrons. The average Bonchev–Trinajstić information content (AvgIpc) is 3.21. The van der Waals surface area contributed by atoms with Crippen LogP contribution in [-0.2, 0) is 28.7 Å². The second-order valence-electron chi connectivity index (χ2n) is 9.76. The Labute approximate surface area is 215 Å². The number of carbonyl (C=O) groups is 5. The summed E-state index contributed by atoms with van der Waals surface area (Å²) >= 11 is 0. The molecule has 3 heterocycles. The summed E-state index contributed by atoms with van der Waals surface area (Å²) in [4.78, 5) is 65.0. The molecule has 37 heavy (non-hydrogen) atoms. The van der Waals surface area contributed by atoms with Crippen molar-refractivity contribution in [3.63, 3.8) is 0 Å². The molecule has 5 atom stereocenters. The lowest BCUT2D eigenvalue weighted by Crippen LogP contribution is -2.64. The zero-order valence-corrected chi connectivity index (χ0v) is 21.2. The molecule has 0 radical (unpaired) electrons. The normalized spacial score (nSPS) is 27.8. The number of ether oxygens (including phenoxy) is 2. The minimum absolute atomic E-state index is 0.0430. The molecule has 3 saturated heterocycles. The highest BCUT2D eigenvalue weighted by Crippen LogP contribution is 2.28. The van der Waals surface area contributed by atoms with E-state index in [0.717, 1.165) is 12.8 Å². The molecule has 11 nitrogen and oxygen atoms in total. The molecule has 3 aliphatic heterocycles. The van der Waals surface area contributed by atoms with Gasteiger partial charge in [-0.1, -0.05) is 38.5 Å². The van der Waals surface area contributed by atoms with E-state index in [1.165, 1.54) is 10.0 Å². The third-order valence-electron chi connectivity index (χ3n) is 6.94. The maximum Gasteiger partial charge on any atom is 0.310 e. The van der Waals surface area contributed by atoms with E-state index in [2.05, 4.69) is 10.6 Å². The Balaban J connectivity index is 1.52. The van der Waals surface area contributed by atoms with Crippen LogP contribution in [0.25, 0.3) is 0 Å². The predicted molar refractivity (Wildman–Crippen MR) is 130 cm³/mol. The highest BCUT2D eigenvalue weighted by Gasteiger charge is 2.48. The molecule has 1 aromatic carbocycles. The quantitative estimate of drug-likeness (QED) is 0.392. The van der Waals surface area contributed by atoms with Crippen molar-refractivity contribution < 1.29 is 33.4 Å².